The molecule has 4 nitrogen and oxygen atoms in total. The zero-order valence-electron chi connectivity index (χ0n) is 5.97. The summed E-state index contributed by atoms with van der Waals surface area (Å²) >= 11 is -4.39. The van der Waals surface area contributed by atoms with Crippen LogP contribution >= 0.6 is 0 Å². The summed E-state index contributed by atoms with van der Waals surface area (Å²) in [6, 6.07) is 6.32. The van der Waals surface area contributed by atoms with Gasteiger partial charge in [-0.25, -0.2) is 0 Å². The molecule has 0 aliphatic carbocycles. The van der Waals surface area contributed by atoms with Crippen LogP contribution in [0.2, 0.25) is 0 Å². The standard InChI is InChI=1S/C6H6AsO4.Sn/c8-6-3-1-5(2-4-6)7(9,10)11;/h1-4,8-9H;/q-2;+2. The van der Waals surface area contributed by atoms with Crippen molar-refractivity contribution in [3.05, 3.63) is 24.3 Å². The Balaban J connectivity index is 2.28. The Kier molecular flexibility index (Phi) is 2.35. The Labute approximate surface area is 83.9 Å². The maximum atomic E-state index is 9.66. The van der Waals surface area contributed by atoms with Gasteiger partial charge in [0.25, 0.3) is 0 Å². The summed E-state index contributed by atoms with van der Waals surface area (Å²) in [5.74, 6) is 0.182. The van der Waals surface area contributed by atoms with Gasteiger partial charge in [0.05, 0.1) is 0 Å². The van der Waals surface area contributed by atoms with Crippen LogP contribution in [0, 0.1) is 0 Å². The number of hydrogen-bond acceptors (Lipinski definition) is 4. The number of phenolic OH excluding ortho intramolecular Hbond substituents is 1. The Morgan fingerprint density at radius 3 is 2.17 bits per heavy atom. The quantitative estimate of drug-likeness (QED) is 0.654. The van der Waals surface area contributed by atoms with Gasteiger partial charge >= 0.3 is 84.2 Å². The van der Waals surface area contributed by atoms with Crippen molar-refractivity contribution in [2.45, 2.75) is 0 Å². The Hall–Kier alpha value is 0.257. The van der Waals surface area contributed by atoms with Gasteiger partial charge in [-0.3, -0.25) is 0 Å². The molecule has 1 fully saturated rings. The van der Waals surface area contributed by atoms with E-state index in [9.17, 15) is 4.10 Å². The first-order valence-corrected chi connectivity index (χ1v) is 8.88. The molecule has 0 saturated carbocycles. The summed E-state index contributed by atoms with van der Waals surface area (Å²) in [4.78, 5) is 0. The van der Waals surface area contributed by atoms with Crippen molar-refractivity contribution in [2.75, 3.05) is 0 Å². The van der Waals surface area contributed by atoms with Gasteiger partial charge in [0.1, 0.15) is 0 Å². The number of benzene rings is 1. The van der Waals surface area contributed by atoms with Gasteiger partial charge in [0.15, 0.2) is 0 Å². The molecule has 63 valence electrons. The molecule has 1 aromatic carbocycles. The molecule has 0 atom stereocenters. The van der Waals surface area contributed by atoms with Crippen LogP contribution < -0.4 is 4.35 Å². The molecule has 1 aliphatic rings. The van der Waals surface area contributed by atoms with Gasteiger partial charge in [-0.15, -0.1) is 0 Å². The van der Waals surface area contributed by atoms with Crippen LogP contribution in [0.3, 0.4) is 0 Å². The van der Waals surface area contributed by atoms with Gasteiger partial charge in [0.2, 0.25) is 0 Å². The van der Waals surface area contributed by atoms with Crippen LogP contribution in [0.4, 0.5) is 0 Å². The third kappa shape index (κ3) is 1.49. The second-order valence-corrected chi connectivity index (χ2v) is 12.2. The van der Waals surface area contributed by atoms with E-state index in [1.54, 1.807) is 12.1 Å². The molecule has 2 N–H and O–H groups in total. The molecule has 0 aromatic heterocycles. The van der Waals surface area contributed by atoms with Crippen molar-refractivity contribution in [3.8, 4) is 5.75 Å². The van der Waals surface area contributed by atoms with Crippen molar-refractivity contribution in [2.24, 2.45) is 0 Å². The SMILES string of the molecule is Oc1ccc([As]2(O)[O][Sn][O]2)cc1. The first-order valence-electron chi connectivity index (χ1n) is 3.24. The van der Waals surface area contributed by atoms with E-state index in [0.29, 0.717) is 4.35 Å². The molecule has 12 heavy (non-hydrogen) atoms. The topological polar surface area (TPSA) is 58.9 Å². The van der Waals surface area contributed by atoms with E-state index < -0.39 is 36.5 Å². The minimum atomic E-state index is -3.26. The first-order chi connectivity index (χ1) is 5.71. The summed E-state index contributed by atoms with van der Waals surface area (Å²) < 4.78 is 20.6. The van der Waals surface area contributed by atoms with Crippen molar-refractivity contribution >= 4 is 40.9 Å². The van der Waals surface area contributed by atoms with Crippen LogP contribution in [0.5, 0.6) is 5.75 Å². The summed E-state index contributed by atoms with van der Waals surface area (Å²) in [6.45, 7) is 0. The summed E-state index contributed by atoms with van der Waals surface area (Å²) in [5, 5.41) is 8.98. The summed E-state index contributed by atoms with van der Waals surface area (Å²) in [7, 11) is 0. The Bertz CT molecular complexity index is 284. The maximum absolute atomic E-state index is 9.66. The Morgan fingerprint density at radius 2 is 1.75 bits per heavy atom. The zero-order chi connectivity index (χ0) is 8.60. The third-order valence-corrected chi connectivity index (χ3v) is 14.4. The molecule has 0 amide bonds. The predicted molar refractivity (Wildman–Crippen MR) is 43.6 cm³/mol. The van der Waals surface area contributed by atoms with E-state index in [-0.39, 0.29) is 5.75 Å². The third-order valence-electron chi connectivity index (χ3n) is 1.50. The molecule has 0 spiro atoms. The van der Waals surface area contributed by atoms with E-state index in [1.165, 1.54) is 12.1 Å². The van der Waals surface area contributed by atoms with Gasteiger partial charge in [-0.1, -0.05) is 0 Å². The molecule has 1 aliphatic heterocycles. The molecular formula is C6H6AsO4Sn. The molecule has 2 rings (SSSR count). The van der Waals surface area contributed by atoms with Gasteiger partial charge in [-0.2, -0.15) is 0 Å². The fourth-order valence-electron chi connectivity index (χ4n) is 0.854. The van der Waals surface area contributed by atoms with Crippen LogP contribution in [0.15, 0.2) is 24.3 Å². The van der Waals surface area contributed by atoms with Crippen LogP contribution in [-0.4, -0.2) is 45.7 Å². The fourth-order valence-corrected chi connectivity index (χ4v) is 9.18. The summed E-state index contributed by atoms with van der Waals surface area (Å²) in [6.07, 6.45) is 0. The van der Waals surface area contributed by atoms with Crippen molar-refractivity contribution in [3.63, 3.8) is 0 Å². The van der Waals surface area contributed by atoms with E-state index >= 15 is 0 Å². The normalized spacial score (nSPS) is 20.1. The molecule has 1 heterocycles. The molecule has 0 unspecified atom stereocenters. The molecule has 0 bridgehead atoms. The molecule has 6 heteroatoms. The van der Waals surface area contributed by atoms with E-state index in [1.807, 2.05) is 0 Å². The minimum absolute atomic E-state index is 0.182. The number of phenols is 1. The van der Waals surface area contributed by atoms with Crippen molar-refractivity contribution in [1.29, 1.82) is 0 Å². The molecule has 1 saturated heterocycles. The van der Waals surface area contributed by atoms with Crippen LogP contribution in [0.1, 0.15) is 0 Å². The van der Waals surface area contributed by atoms with Crippen LogP contribution in [-0.2, 0) is 4.13 Å². The average molecular weight is 336 g/mol. The Morgan fingerprint density at radius 1 is 1.17 bits per heavy atom. The molecular weight excluding hydrogens is 330 g/mol. The first kappa shape index (κ1) is 8.84. The fraction of sp³-hybridized carbons (Fsp3) is 0. The average Bonchev–Trinajstić information content (AvgIpc) is 2.02. The van der Waals surface area contributed by atoms with Crippen molar-refractivity contribution < 1.29 is 13.3 Å². The second-order valence-electron chi connectivity index (χ2n) is 2.30. The van der Waals surface area contributed by atoms with Gasteiger partial charge < -0.3 is 0 Å². The van der Waals surface area contributed by atoms with Crippen molar-refractivity contribution in [1.82, 2.24) is 0 Å². The molecule has 1 aromatic rings. The van der Waals surface area contributed by atoms with Crippen LogP contribution in [0.25, 0.3) is 0 Å². The predicted octanol–water partition coefficient (Wildman–Crippen LogP) is -0.889. The zero-order valence-corrected chi connectivity index (χ0v) is 10.7. The number of hydrogen-bond donors (Lipinski definition) is 2. The van der Waals surface area contributed by atoms with E-state index in [0.717, 1.165) is 0 Å². The monoisotopic (exact) mass is 337 g/mol. The summed E-state index contributed by atoms with van der Waals surface area (Å²) in [5.41, 5.74) is 0. The van der Waals surface area contributed by atoms with Gasteiger partial charge in [-0.05, 0) is 0 Å². The van der Waals surface area contributed by atoms with Gasteiger partial charge in [0, 0.05) is 0 Å². The molecule has 3 radical (unpaired) electrons. The number of aromatic hydroxyl groups is 1. The van der Waals surface area contributed by atoms with E-state index in [4.69, 9.17) is 9.23 Å². The number of rotatable bonds is 1. The van der Waals surface area contributed by atoms with E-state index in [2.05, 4.69) is 0 Å². The second kappa shape index (κ2) is 3.19.